The van der Waals surface area contributed by atoms with Crippen molar-refractivity contribution in [3.63, 3.8) is 0 Å². The molecule has 0 aliphatic carbocycles. The maximum atomic E-state index is 13.7. The van der Waals surface area contributed by atoms with Crippen LogP contribution < -0.4 is 10.1 Å². The fraction of sp³-hybridized carbons (Fsp3) is 0.375. The third kappa shape index (κ3) is 4.74. The Morgan fingerprint density at radius 3 is 2.51 bits per heavy atom. The molecule has 3 aromatic rings. The first kappa shape index (κ1) is 25.1. The van der Waals surface area contributed by atoms with E-state index in [1.807, 2.05) is 49.7 Å². The Morgan fingerprint density at radius 2 is 1.86 bits per heavy atom. The van der Waals surface area contributed by atoms with E-state index < -0.39 is 28.2 Å². The molecule has 2 heterocycles. The van der Waals surface area contributed by atoms with Crippen molar-refractivity contribution in [1.29, 1.82) is 0 Å². The molecule has 2 aromatic carbocycles. The van der Waals surface area contributed by atoms with Crippen molar-refractivity contribution in [2.75, 3.05) is 17.6 Å². The van der Waals surface area contributed by atoms with Gasteiger partial charge in [0.25, 0.3) is 0 Å². The summed E-state index contributed by atoms with van der Waals surface area (Å²) < 4.78 is 44.0. The van der Waals surface area contributed by atoms with Crippen molar-refractivity contribution < 1.29 is 32.0 Å². The van der Waals surface area contributed by atoms with E-state index in [0.29, 0.717) is 18.0 Å². The summed E-state index contributed by atoms with van der Waals surface area (Å²) in [5, 5.41) is 3.18. The SMILES string of the molecule is Cn1c(SCC(=O)[N+]2(C(=O)Nc3ccccc3OC(F)(F)F)CCCC2(C)C)nc2ccccc21. The summed E-state index contributed by atoms with van der Waals surface area (Å²) in [5.41, 5.74) is 0.834. The average Bonchev–Trinajstić information content (AvgIpc) is 3.28. The number of aryl methyl sites for hydroxylation is 1. The molecule has 4 rings (SSSR count). The lowest BCUT2D eigenvalue weighted by Crippen LogP contribution is -2.66. The number of quaternary nitrogens is 1. The van der Waals surface area contributed by atoms with Gasteiger partial charge in [0, 0.05) is 19.9 Å². The maximum Gasteiger partial charge on any atom is 0.573 e. The summed E-state index contributed by atoms with van der Waals surface area (Å²) in [5.74, 6) is -0.893. The number of aromatic nitrogens is 2. The van der Waals surface area contributed by atoms with Crippen molar-refractivity contribution in [3.05, 3.63) is 48.5 Å². The number of thioether (sulfide) groups is 1. The molecule has 1 aliphatic rings. The van der Waals surface area contributed by atoms with Gasteiger partial charge in [-0.25, -0.2) is 14.6 Å². The van der Waals surface area contributed by atoms with Gasteiger partial charge in [0.1, 0.15) is 11.3 Å². The largest absolute Gasteiger partial charge is 0.573 e. The number of imide groups is 1. The number of hydrogen-bond acceptors (Lipinski definition) is 5. The summed E-state index contributed by atoms with van der Waals surface area (Å²) in [6.45, 7) is 3.91. The van der Waals surface area contributed by atoms with Crippen LogP contribution in [0.15, 0.2) is 53.7 Å². The Hall–Kier alpha value is -3.05. The van der Waals surface area contributed by atoms with Gasteiger partial charge in [0.15, 0.2) is 10.9 Å². The van der Waals surface area contributed by atoms with E-state index in [1.54, 1.807) is 0 Å². The summed E-state index contributed by atoms with van der Waals surface area (Å²) >= 11 is 1.23. The number of ether oxygens (including phenoxy) is 1. The zero-order valence-electron chi connectivity index (χ0n) is 19.6. The topological polar surface area (TPSA) is 73.2 Å². The molecule has 1 atom stereocenters. The van der Waals surface area contributed by atoms with E-state index in [4.69, 9.17) is 0 Å². The second kappa shape index (κ2) is 9.19. The number of para-hydroxylation sites is 4. The van der Waals surface area contributed by atoms with E-state index in [9.17, 15) is 22.8 Å². The van der Waals surface area contributed by atoms with Gasteiger partial charge >= 0.3 is 18.3 Å². The van der Waals surface area contributed by atoms with Gasteiger partial charge in [-0.05, 0) is 38.1 Å². The summed E-state index contributed by atoms with van der Waals surface area (Å²) in [7, 11) is 1.86. The van der Waals surface area contributed by atoms with Crippen molar-refractivity contribution in [1.82, 2.24) is 9.55 Å². The lowest BCUT2D eigenvalue weighted by molar-refractivity contribution is -0.808. The first-order valence-corrected chi connectivity index (χ1v) is 12.1. The van der Waals surface area contributed by atoms with Crippen LogP contribution in [-0.2, 0) is 11.8 Å². The van der Waals surface area contributed by atoms with Gasteiger partial charge < -0.3 is 9.30 Å². The number of imidazole rings is 1. The number of benzene rings is 2. The van der Waals surface area contributed by atoms with Gasteiger partial charge in [-0.2, -0.15) is 4.48 Å². The molecule has 1 aromatic heterocycles. The Morgan fingerprint density at radius 1 is 1.17 bits per heavy atom. The minimum absolute atomic E-state index is 0.0191. The molecule has 1 N–H and O–H groups in total. The monoisotopic (exact) mass is 507 g/mol. The van der Waals surface area contributed by atoms with Crippen LogP contribution in [0.4, 0.5) is 23.7 Å². The zero-order chi connectivity index (χ0) is 25.4. The number of fused-ring (bicyclic) bond motifs is 1. The number of urea groups is 1. The van der Waals surface area contributed by atoms with Crippen LogP contribution in [-0.4, -0.2) is 50.2 Å². The number of hydrogen-bond donors (Lipinski definition) is 1. The lowest BCUT2D eigenvalue weighted by Gasteiger charge is -2.39. The van der Waals surface area contributed by atoms with Crippen LogP contribution in [0.2, 0.25) is 0 Å². The third-order valence-corrected chi connectivity index (χ3v) is 7.53. The summed E-state index contributed by atoms with van der Waals surface area (Å²) in [6.07, 6.45) is -3.67. The molecule has 186 valence electrons. The van der Waals surface area contributed by atoms with Crippen LogP contribution >= 0.6 is 11.8 Å². The molecule has 1 saturated heterocycles. The highest BCUT2D eigenvalue weighted by molar-refractivity contribution is 7.99. The molecule has 0 spiro atoms. The third-order valence-electron chi connectivity index (χ3n) is 6.51. The van der Waals surface area contributed by atoms with E-state index in [-0.39, 0.29) is 23.9 Å². The standard InChI is InChI=1S/C24H25F3N4O3S/c1-23(2)13-8-14-31(23,22(33)29-17-10-5-7-12-19(17)34-24(25,26)27)20(32)15-35-21-28-16-9-4-6-11-18(16)30(21)3/h4-7,9-12H,8,13-15H2,1-3H3/p+1. The Bertz CT molecular complexity index is 1270. The number of carbonyl (C=O) groups is 2. The van der Waals surface area contributed by atoms with Gasteiger partial charge in [0.05, 0.1) is 23.3 Å². The second-order valence-corrected chi connectivity index (χ2v) is 9.99. The molecule has 1 unspecified atom stereocenters. The number of rotatable bonds is 5. The van der Waals surface area contributed by atoms with Crippen molar-refractivity contribution in [3.8, 4) is 5.75 Å². The molecule has 0 bridgehead atoms. The van der Waals surface area contributed by atoms with Crippen LogP contribution in [0.25, 0.3) is 11.0 Å². The first-order chi connectivity index (χ1) is 16.4. The molecule has 11 heteroatoms. The molecule has 0 radical (unpaired) electrons. The molecule has 1 fully saturated rings. The zero-order valence-corrected chi connectivity index (χ0v) is 20.4. The molecular weight excluding hydrogens is 481 g/mol. The number of carbonyl (C=O) groups excluding carboxylic acids is 2. The van der Waals surface area contributed by atoms with E-state index in [0.717, 1.165) is 17.1 Å². The fourth-order valence-electron chi connectivity index (χ4n) is 4.68. The minimum Gasteiger partial charge on any atom is -0.404 e. The van der Waals surface area contributed by atoms with Crippen molar-refractivity contribution in [2.45, 2.75) is 43.7 Å². The molecule has 35 heavy (non-hydrogen) atoms. The Balaban J connectivity index is 1.60. The quantitative estimate of drug-likeness (QED) is 0.354. The van der Waals surface area contributed by atoms with Gasteiger partial charge in [-0.3, -0.25) is 5.32 Å². The number of alkyl halides is 3. The number of nitrogens with one attached hydrogen (secondary N) is 1. The number of nitrogens with zero attached hydrogens (tertiary/aromatic N) is 3. The van der Waals surface area contributed by atoms with Crippen molar-refractivity contribution >= 4 is 40.4 Å². The minimum atomic E-state index is -4.92. The van der Waals surface area contributed by atoms with Gasteiger partial charge in [-0.15, -0.1) is 13.2 Å². The van der Waals surface area contributed by atoms with E-state index >= 15 is 0 Å². The molecule has 0 saturated carbocycles. The number of amides is 3. The smallest absolute Gasteiger partial charge is 0.404 e. The maximum absolute atomic E-state index is 13.7. The predicted molar refractivity (Wildman–Crippen MR) is 127 cm³/mol. The molecule has 3 amide bonds. The number of anilines is 1. The first-order valence-electron chi connectivity index (χ1n) is 11.1. The highest BCUT2D eigenvalue weighted by Gasteiger charge is 2.59. The van der Waals surface area contributed by atoms with Crippen LogP contribution in [0.5, 0.6) is 5.75 Å². The molecular formula is C24H26F3N4O3S+. The predicted octanol–water partition coefficient (Wildman–Crippen LogP) is 5.71. The normalized spacial score (nSPS) is 19.6. The van der Waals surface area contributed by atoms with Gasteiger partial charge in [0.2, 0.25) is 0 Å². The van der Waals surface area contributed by atoms with Crippen LogP contribution in [0.1, 0.15) is 26.7 Å². The second-order valence-electron chi connectivity index (χ2n) is 9.05. The summed E-state index contributed by atoms with van der Waals surface area (Å²) in [6, 6.07) is 12.2. The Kier molecular flexibility index (Phi) is 6.58. The Labute approximate surface area is 204 Å². The van der Waals surface area contributed by atoms with Crippen LogP contribution in [0.3, 0.4) is 0 Å². The van der Waals surface area contributed by atoms with E-state index in [1.165, 1.54) is 30.0 Å². The highest BCUT2D eigenvalue weighted by Crippen LogP contribution is 2.40. The van der Waals surface area contributed by atoms with Gasteiger partial charge in [-0.1, -0.05) is 36.0 Å². The molecule has 7 nitrogen and oxygen atoms in total. The van der Waals surface area contributed by atoms with E-state index in [2.05, 4.69) is 15.0 Å². The lowest BCUT2D eigenvalue weighted by atomic mass is 9.99. The molecule has 1 aliphatic heterocycles. The average molecular weight is 508 g/mol. The van der Waals surface area contributed by atoms with Crippen molar-refractivity contribution in [2.24, 2.45) is 7.05 Å². The highest BCUT2D eigenvalue weighted by atomic mass is 32.2. The number of halogens is 3. The van der Waals surface area contributed by atoms with Crippen LogP contribution in [0, 0.1) is 0 Å². The summed E-state index contributed by atoms with van der Waals surface area (Å²) in [4.78, 5) is 31.8. The fourth-order valence-corrected chi connectivity index (χ4v) is 5.61. The number of likely N-dealkylation sites (tertiary alicyclic amines) is 1.